The highest BCUT2D eigenvalue weighted by atomic mass is 79.9. The number of halogens is 2. The lowest BCUT2D eigenvalue weighted by Gasteiger charge is -2.20. The van der Waals surface area contributed by atoms with Crippen LogP contribution in [-0.4, -0.2) is 36.4 Å². The molecule has 1 saturated heterocycles. The first kappa shape index (κ1) is 14.4. The Hall–Kier alpha value is 0.0400. The van der Waals surface area contributed by atoms with Gasteiger partial charge in [0.05, 0.1) is 7.57 Å². The van der Waals surface area contributed by atoms with Crippen molar-refractivity contribution in [3.05, 3.63) is 13.6 Å². The fourth-order valence-corrected chi connectivity index (χ4v) is 7.32. The fraction of sp³-hybridized carbons (Fsp3) is 0.444. The molecule has 0 unspecified atom stereocenters. The highest BCUT2D eigenvalue weighted by Crippen LogP contribution is 2.38. The quantitative estimate of drug-likeness (QED) is 0.818. The van der Waals surface area contributed by atoms with Crippen molar-refractivity contribution in [2.45, 2.75) is 23.8 Å². The Morgan fingerprint density at radius 1 is 1.50 bits per heavy atom. The smallest absolute Gasteiger partial charge is 0.322 e. The van der Waals surface area contributed by atoms with E-state index in [0.29, 0.717) is 20.4 Å². The zero-order chi connectivity index (χ0) is 13.5. The van der Waals surface area contributed by atoms with Gasteiger partial charge < -0.3 is 5.11 Å². The van der Waals surface area contributed by atoms with Crippen LogP contribution in [0.15, 0.2) is 18.5 Å². The number of aliphatic carboxylic acids is 1. The fourth-order valence-electron chi connectivity index (χ4n) is 1.90. The zero-order valence-electron chi connectivity index (χ0n) is 8.97. The molecular formula is C9H9Br2NO4S2. The summed E-state index contributed by atoms with van der Waals surface area (Å²) in [6, 6.07) is 0.530. The predicted octanol–water partition coefficient (Wildman–Crippen LogP) is 2.51. The first-order valence-corrected chi connectivity index (χ1v) is 8.88. The summed E-state index contributed by atoms with van der Waals surface area (Å²) in [5.41, 5.74) is 0. The molecule has 0 amide bonds. The summed E-state index contributed by atoms with van der Waals surface area (Å²) in [6.45, 7) is 0.249. The lowest BCUT2D eigenvalue weighted by Crippen LogP contribution is -2.40. The van der Waals surface area contributed by atoms with Gasteiger partial charge in [0.15, 0.2) is 0 Å². The Labute approximate surface area is 125 Å². The minimum Gasteiger partial charge on any atom is -0.480 e. The van der Waals surface area contributed by atoms with E-state index < -0.39 is 22.0 Å². The van der Waals surface area contributed by atoms with Crippen LogP contribution in [0, 0.1) is 0 Å². The predicted molar refractivity (Wildman–Crippen MR) is 74.3 cm³/mol. The minimum absolute atomic E-state index is 0.118. The molecule has 5 nitrogen and oxygen atoms in total. The monoisotopic (exact) mass is 417 g/mol. The van der Waals surface area contributed by atoms with Crippen molar-refractivity contribution >= 4 is 59.2 Å². The molecule has 2 rings (SSSR count). The second kappa shape index (κ2) is 5.20. The van der Waals surface area contributed by atoms with Crippen LogP contribution in [0.3, 0.4) is 0 Å². The Morgan fingerprint density at radius 2 is 2.17 bits per heavy atom. The van der Waals surface area contributed by atoms with Gasteiger partial charge in [0, 0.05) is 6.54 Å². The number of carbonyl (C=O) groups is 1. The second-order valence-electron chi connectivity index (χ2n) is 3.80. The molecule has 0 radical (unpaired) electrons. The normalized spacial score (nSPS) is 21.3. The first-order chi connectivity index (χ1) is 8.34. The Balaban J connectivity index is 2.43. The summed E-state index contributed by atoms with van der Waals surface area (Å²) in [5, 5.41) is 9.04. The van der Waals surface area contributed by atoms with Gasteiger partial charge in [0.2, 0.25) is 10.0 Å². The largest absolute Gasteiger partial charge is 0.480 e. The van der Waals surface area contributed by atoms with Crippen molar-refractivity contribution in [1.82, 2.24) is 4.31 Å². The van der Waals surface area contributed by atoms with E-state index in [9.17, 15) is 13.2 Å². The topological polar surface area (TPSA) is 74.7 Å². The summed E-state index contributed by atoms with van der Waals surface area (Å²) in [7, 11) is -3.76. The molecule has 0 aliphatic carbocycles. The number of sulfonamides is 1. The molecule has 1 aromatic heterocycles. The molecule has 1 atom stereocenters. The SMILES string of the molecule is O=C(O)[C@H]1CCCN1S(=O)(=O)c1cc(Br)sc1Br. The van der Waals surface area contributed by atoms with Crippen molar-refractivity contribution < 1.29 is 18.3 Å². The van der Waals surface area contributed by atoms with Gasteiger partial charge in [-0.2, -0.15) is 4.31 Å². The van der Waals surface area contributed by atoms with Crippen LogP contribution in [-0.2, 0) is 14.8 Å². The van der Waals surface area contributed by atoms with Crippen molar-refractivity contribution in [3.63, 3.8) is 0 Å². The van der Waals surface area contributed by atoms with Gasteiger partial charge >= 0.3 is 5.97 Å². The lowest BCUT2D eigenvalue weighted by molar-refractivity contribution is -0.140. The van der Waals surface area contributed by atoms with Gasteiger partial charge in [0.25, 0.3) is 0 Å². The molecule has 1 aliphatic heterocycles. The molecular weight excluding hydrogens is 410 g/mol. The van der Waals surface area contributed by atoms with E-state index in [1.54, 1.807) is 0 Å². The molecule has 0 aromatic carbocycles. The van der Waals surface area contributed by atoms with Crippen molar-refractivity contribution in [1.29, 1.82) is 0 Å². The molecule has 1 N–H and O–H groups in total. The van der Waals surface area contributed by atoms with Gasteiger partial charge in [-0.25, -0.2) is 8.42 Å². The van der Waals surface area contributed by atoms with Crippen LogP contribution in [0.2, 0.25) is 0 Å². The summed E-state index contributed by atoms with van der Waals surface area (Å²) < 4.78 is 27.0. The molecule has 9 heteroatoms. The van der Waals surface area contributed by atoms with E-state index >= 15 is 0 Å². The van der Waals surface area contributed by atoms with Crippen LogP contribution in [0.25, 0.3) is 0 Å². The summed E-state index contributed by atoms with van der Waals surface area (Å²) in [5.74, 6) is -1.10. The van der Waals surface area contributed by atoms with Crippen molar-refractivity contribution in [2.24, 2.45) is 0 Å². The van der Waals surface area contributed by atoms with Gasteiger partial charge in [0.1, 0.15) is 10.9 Å². The molecule has 0 bridgehead atoms. The zero-order valence-corrected chi connectivity index (χ0v) is 13.8. The van der Waals surface area contributed by atoms with Crippen LogP contribution in [0.5, 0.6) is 0 Å². The van der Waals surface area contributed by atoms with E-state index in [1.807, 2.05) is 0 Å². The average molecular weight is 419 g/mol. The minimum atomic E-state index is -3.76. The van der Waals surface area contributed by atoms with Crippen LogP contribution in [0.4, 0.5) is 0 Å². The molecule has 1 fully saturated rings. The van der Waals surface area contributed by atoms with E-state index in [-0.39, 0.29) is 11.4 Å². The third-order valence-electron chi connectivity index (χ3n) is 2.70. The van der Waals surface area contributed by atoms with Crippen LogP contribution in [0.1, 0.15) is 12.8 Å². The summed E-state index contributed by atoms with van der Waals surface area (Å²) in [6.07, 6.45) is 0.927. The molecule has 0 saturated carbocycles. The highest BCUT2D eigenvalue weighted by Gasteiger charge is 2.40. The van der Waals surface area contributed by atoms with E-state index in [2.05, 4.69) is 31.9 Å². The molecule has 0 spiro atoms. The van der Waals surface area contributed by atoms with Crippen LogP contribution >= 0.6 is 43.2 Å². The molecule has 18 heavy (non-hydrogen) atoms. The Bertz CT molecular complexity index is 583. The summed E-state index contributed by atoms with van der Waals surface area (Å²) in [4.78, 5) is 11.2. The Morgan fingerprint density at radius 3 is 2.67 bits per heavy atom. The lowest BCUT2D eigenvalue weighted by atomic mass is 10.2. The van der Waals surface area contributed by atoms with E-state index in [4.69, 9.17) is 5.11 Å². The van der Waals surface area contributed by atoms with Crippen molar-refractivity contribution in [2.75, 3.05) is 6.54 Å². The van der Waals surface area contributed by atoms with E-state index in [1.165, 1.54) is 17.4 Å². The number of hydrogen-bond acceptors (Lipinski definition) is 4. The number of rotatable bonds is 3. The maximum absolute atomic E-state index is 12.4. The van der Waals surface area contributed by atoms with Gasteiger partial charge in [-0.3, -0.25) is 4.79 Å². The molecule has 2 heterocycles. The van der Waals surface area contributed by atoms with Crippen LogP contribution < -0.4 is 0 Å². The molecule has 1 aromatic rings. The maximum atomic E-state index is 12.4. The summed E-state index contributed by atoms with van der Waals surface area (Å²) >= 11 is 7.65. The molecule has 1 aliphatic rings. The Kier molecular flexibility index (Phi) is 4.17. The number of carboxylic acid groups (broad SMARTS) is 1. The van der Waals surface area contributed by atoms with Gasteiger partial charge in [-0.1, -0.05) is 0 Å². The third kappa shape index (κ3) is 2.51. The molecule has 100 valence electrons. The number of nitrogens with zero attached hydrogens (tertiary/aromatic N) is 1. The van der Waals surface area contributed by atoms with Crippen molar-refractivity contribution in [3.8, 4) is 0 Å². The number of carboxylic acids is 1. The first-order valence-electron chi connectivity index (χ1n) is 5.03. The van der Waals surface area contributed by atoms with Gasteiger partial charge in [-0.05, 0) is 50.8 Å². The number of thiophene rings is 1. The third-order valence-corrected chi connectivity index (χ3v) is 7.36. The second-order valence-corrected chi connectivity index (χ2v) is 9.41. The maximum Gasteiger partial charge on any atom is 0.322 e. The number of hydrogen-bond donors (Lipinski definition) is 1. The van der Waals surface area contributed by atoms with E-state index in [0.717, 1.165) is 4.31 Å². The standard InChI is InChI=1S/C9H9Br2NO4S2/c10-7-4-6(8(11)17-7)18(15,16)12-3-1-2-5(12)9(13)14/h4-5H,1-3H2,(H,13,14)/t5-/m1/s1. The van der Waals surface area contributed by atoms with Gasteiger partial charge in [-0.15, -0.1) is 11.3 Å². The average Bonchev–Trinajstić information content (AvgIpc) is 2.84. The highest BCUT2D eigenvalue weighted by molar-refractivity contribution is 9.12.